The van der Waals surface area contributed by atoms with Crippen LogP contribution in [-0.2, 0) is 17.1 Å². The number of hydrogen-bond donors (Lipinski definition) is 1. The molecule has 0 aromatic heterocycles. The molecule has 1 N–H and O–H groups in total. The Bertz CT molecular complexity index is 614. The summed E-state index contributed by atoms with van der Waals surface area (Å²) in [5.74, 6) is 0.228. The van der Waals surface area contributed by atoms with Gasteiger partial charge in [0.25, 0.3) is 0 Å². The molecule has 103 valence electrons. The average Bonchev–Trinajstić information content (AvgIpc) is 2.33. The van der Waals surface area contributed by atoms with E-state index in [-0.39, 0.29) is 22.8 Å². The molecular formula is C14H11Cl2CuNO. The summed E-state index contributed by atoms with van der Waals surface area (Å²) in [6.45, 7) is 1.84. The number of phenolic OH excluding ortho intramolecular Hbond substituents is 1. The summed E-state index contributed by atoms with van der Waals surface area (Å²) < 4.78 is 0. The maximum absolute atomic E-state index is 9.84. The van der Waals surface area contributed by atoms with Crippen molar-refractivity contribution < 1.29 is 22.2 Å². The molecule has 0 amide bonds. The van der Waals surface area contributed by atoms with Gasteiger partial charge >= 0.3 is 0 Å². The molecule has 0 spiro atoms. The Morgan fingerprint density at radius 1 is 1.16 bits per heavy atom. The smallest absolute Gasteiger partial charge is 0.127 e. The van der Waals surface area contributed by atoms with E-state index in [9.17, 15) is 5.11 Å². The molecule has 0 unspecified atom stereocenters. The van der Waals surface area contributed by atoms with Gasteiger partial charge in [-0.1, -0.05) is 35.3 Å². The van der Waals surface area contributed by atoms with E-state index in [1.165, 1.54) is 0 Å². The van der Waals surface area contributed by atoms with E-state index in [1.807, 2.05) is 19.1 Å². The van der Waals surface area contributed by atoms with Gasteiger partial charge in [0.15, 0.2) is 0 Å². The number of aryl methyl sites for hydroxylation is 1. The maximum Gasteiger partial charge on any atom is 0.127 e. The number of hydrogen-bond acceptors (Lipinski definition) is 2. The zero-order chi connectivity index (χ0) is 13.1. The van der Waals surface area contributed by atoms with Crippen molar-refractivity contribution in [2.45, 2.75) is 6.92 Å². The predicted octanol–water partition coefficient (Wildman–Crippen LogP) is 4.76. The zero-order valence-electron chi connectivity index (χ0n) is 9.99. The van der Waals surface area contributed by atoms with Crippen LogP contribution >= 0.6 is 23.2 Å². The van der Waals surface area contributed by atoms with Gasteiger partial charge in [-0.25, -0.2) is 0 Å². The standard InChI is InChI=1S/C14H11Cl2NO.Cu/c1-9-3-2-4-10(14(9)18)8-17-13-6-5-11(15)7-12(13)16;/h2-8,18H,1H3;. The van der Waals surface area contributed by atoms with Crippen molar-refractivity contribution in [3.63, 3.8) is 0 Å². The van der Waals surface area contributed by atoms with Gasteiger partial charge in [0.2, 0.25) is 0 Å². The van der Waals surface area contributed by atoms with Gasteiger partial charge in [0, 0.05) is 33.9 Å². The SMILES string of the molecule is Cc1cccc(C=Nc2ccc(Cl)cc2Cl)c1O.[Cu]. The second-order valence-electron chi connectivity index (χ2n) is 3.87. The third-order valence-corrected chi connectivity index (χ3v) is 3.06. The largest absolute Gasteiger partial charge is 0.507 e. The second-order valence-corrected chi connectivity index (χ2v) is 4.71. The molecule has 0 atom stereocenters. The quantitative estimate of drug-likeness (QED) is 0.619. The summed E-state index contributed by atoms with van der Waals surface area (Å²) in [6, 6.07) is 10.6. The molecule has 0 fully saturated rings. The van der Waals surface area contributed by atoms with E-state index in [0.29, 0.717) is 21.3 Å². The van der Waals surface area contributed by atoms with Gasteiger partial charge in [0.1, 0.15) is 5.75 Å². The number of rotatable bonds is 2. The van der Waals surface area contributed by atoms with Crippen LogP contribution in [0.25, 0.3) is 0 Å². The normalized spacial score (nSPS) is 10.5. The van der Waals surface area contributed by atoms with Crippen LogP contribution in [0.2, 0.25) is 10.0 Å². The minimum Gasteiger partial charge on any atom is -0.507 e. The number of aliphatic imine (C=N–C) groups is 1. The van der Waals surface area contributed by atoms with E-state index in [1.54, 1.807) is 30.5 Å². The van der Waals surface area contributed by atoms with Gasteiger partial charge in [-0.05, 0) is 36.8 Å². The number of halogens is 2. The van der Waals surface area contributed by atoms with Gasteiger partial charge in [-0.15, -0.1) is 0 Å². The summed E-state index contributed by atoms with van der Waals surface area (Å²) in [6.07, 6.45) is 1.58. The Morgan fingerprint density at radius 3 is 2.58 bits per heavy atom. The van der Waals surface area contributed by atoms with Crippen LogP contribution in [0.5, 0.6) is 5.75 Å². The molecule has 0 bridgehead atoms. The van der Waals surface area contributed by atoms with E-state index >= 15 is 0 Å². The van der Waals surface area contributed by atoms with Crippen LogP contribution < -0.4 is 0 Å². The fraction of sp³-hybridized carbons (Fsp3) is 0.0714. The van der Waals surface area contributed by atoms with Crippen molar-refractivity contribution >= 4 is 35.1 Å². The number of para-hydroxylation sites is 1. The summed E-state index contributed by atoms with van der Waals surface area (Å²) in [5, 5.41) is 10.9. The first-order valence-corrected chi connectivity index (χ1v) is 6.11. The molecule has 19 heavy (non-hydrogen) atoms. The second kappa shape index (κ2) is 6.97. The number of aromatic hydroxyl groups is 1. The van der Waals surface area contributed by atoms with Gasteiger partial charge in [-0.3, -0.25) is 4.99 Å². The third kappa shape index (κ3) is 3.99. The third-order valence-electron chi connectivity index (χ3n) is 2.52. The minimum absolute atomic E-state index is 0. The van der Waals surface area contributed by atoms with Gasteiger partial charge in [-0.2, -0.15) is 0 Å². The fourth-order valence-corrected chi connectivity index (χ4v) is 1.97. The van der Waals surface area contributed by atoms with Crippen molar-refractivity contribution in [1.82, 2.24) is 0 Å². The molecule has 0 saturated heterocycles. The van der Waals surface area contributed by atoms with Crippen molar-refractivity contribution in [1.29, 1.82) is 0 Å². The monoisotopic (exact) mass is 342 g/mol. The maximum atomic E-state index is 9.84. The Labute approximate surface area is 132 Å². The van der Waals surface area contributed by atoms with Crippen LogP contribution in [0.15, 0.2) is 41.4 Å². The van der Waals surface area contributed by atoms with Crippen LogP contribution in [0, 0.1) is 6.92 Å². The predicted molar refractivity (Wildman–Crippen MR) is 76.6 cm³/mol. The van der Waals surface area contributed by atoms with Crippen LogP contribution in [0.4, 0.5) is 5.69 Å². The van der Waals surface area contributed by atoms with E-state index < -0.39 is 0 Å². The molecule has 1 radical (unpaired) electrons. The Balaban J connectivity index is 0.00000180. The van der Waals surface area contributed by atoms with Crippen molar-refractivity contribution in [2.24, 2.45) is 4.99 Å². The van der Waals surface area contributed by atoms with E-state index in [0.717, 1.165) is 5.56 Å². The summed E-state index contributed by atoms with van der Waals surface area (Å²) >= 11 is 11.8. The molecule has 5 heteroatoms. The first kappa shape index (κ1) is 16.1. The molecule has 2 aromatic rings. The minimum atomic E-state index is 0. The Hall–Kier alpha value is -0.991. The summed E-state index contributed by atoms with van der Waals surface area (Å²) in [5.41, 5.74) is 2.07. The molecule has 0 aliphatic rings. The molecule has 2 rings (SSSR count). The van der Waals surface area contributed by atoms with Crippen LogP contribution in [0.3, 0.4) is 0 Å². The summed E-state index contributed by atoms with van der Waals surface area (Å²) in [7, 11) is 0. The van der Waals surface area contributed by atoms with Crippen LogP contribution in [-0.4, -0.2) is 11.3 Å². The Kier molecular flexibility index (Phi) is 5.89. The average molecular weight is 344 g/mol. The number of phenols is 1. The molecule has 0 heterocycles. The molecule has 0 aliphatic carbocycles. The number of nitrogens with zero attached hydrogens (tertiary/aromatic N) is 1. The fourth-order valence-electron chi connectivity index (χ4n) is 1.51. The van der Waals surface area contributed by atoms with Crippen molar-refractivity contribution in [3.05, 3.63) is 57.6 Å². The van der Waals surface area contributed by atoms with Gasteiger partial charge in [0.05, 0.1) is 10.7 Å². The number of benzene rings is 2. The van der Waals surface area contributed by atoms with Crippen molar-refractivity contribution in [3.8, 4) is 5.75 Å². The molecule has 2 nitrogen and oxygen atoms in total. The van der Waals surface area contributed by atoms with Gasteiger partial charge < -0.3 is 5.11 Å². The molecule has 0 saturated carbocycles. The van der Waals surface area contributed by atoms with Crippen LogP contribution in [0.1, 0.15) is 11.1 Å². The molecule has 2 aromatic carbocycles. The molecular weight excluding hydrogens is 333 g/mol. The summed E-state index contributed by atoms with van der Waals surface area (Å²) in [4.78, 5) is 4.24. The first-order valence-electron chi connectivity index (χ1n) is 5.35. The topological polar surface area (TPSA) is 32.6 Å². The molecule has 0 aliphatic heterocycles. The first-order chi connectivity index (χ1) is 8.58. The van der Waals surface area contributed by atoms with Crippen molar-refractivity contribution in [2.75, 3.05) is 0 Å². The zero-order valence-corrected chi connectivity index (χ0v) is 12.4. The Morgan fingerprint density at radius 2 is 1.89 bits per heavy atom. The van der Waals surface area contributed by atoms with E-state index in [4.69, 9.17) is 23.2 Å². The van der Waals surface area contributed by atoms with E-state index in [2.05, 4.69) is 4.99 Å².